The zero-order chi connectivity index (χ0) is 14.5. The van der Waals surface area contributed by atoms with Crippen molar-refractivity contribution in [1.29, 1.82) is 0 Å². The summed E-state index contributed by atoms with van der Waals surface area (Å²) < 4.78 is 12.9. The lowest BCUT2D eigenvalue weighted by Gasteiger charge is -2.05. The van der Waals surface area contributed by atoms with Crippen molar-refractivity contribution in [2.24, 2.45) is 0 Å². The van der Waals surface area contributed by atoms with E-state index < -0.39 is 11.0 Å². The Morgan fingerprint density at radius 2 is 2.30 bits per heavy atom. The summed E-state index contributed by atoms with van der Waals surface area (Å²) in [5.41, 5.74) is 0.602. The number of rotatable bonds is 4. The van der Waals surface area contributed by atoms with E-state index in [1.54, 1.807) is 6.07 Å². The van der Waals surface area contributed by atoms with E-state index >= 15 is 0 Å². The molecule has 1 aromatic heterocycles. The van der Waals surface area contributed by atoms with Crippen LogP contribution in [0.4, 0.5) is 19.3 Å². The number of carbonyl (C=O) groups excluding carboxylic acids is 1. The first kappa shape index (κ1) is 13.9. The van der Waals surface area contributed by atoms with E-state index in [1.807, 2.05) is 0 Å². The van der Waals surface area contributed by atoms with Crippen LogP contribution >= 0.6 is 11.3 Å². The number of hydrogen-bond donors (Lipinski definition) is 2. The van der Waals surface area contributed by atoms with Crippen LogP contribution in [0.25, 0.3) is 0 Å². The number of halogens is 1. The molecule has 0 saturated heterocycles. The second kappa shape index (κ2) is 6.06. The van der Waals surface area contributed by atoms with Gasteiger partial charge in [0.1, 0.15) is 12.0 Å². The van der Waals surface area contributed by atoms with Gasteiger partial charge < -0.3 is 5.32 Å². The minimum absolute atomic E-state index is 0.119. The van der Waals surface area contributed by atoms with Crippen molar-refractivity contribution in [3.63, 3.8) is 0 Å². The number of aromatic nitrogens is 1. The molecule has 0 saturated carbocycles. The predicted octanol–water partition coefficient (Wildman–Crippen LogP) is 2.51. The van der Waals surface area contributed by atoms with Crippen LogP contribution in [-0.2, 0) is 6.54 Å². The highest BCUT2D eigenvalue weighted by molar-refractivity contribution is 7.18. The highest BCUT2D eigenvalue weighted by Gasteiger charge is 2.13. The van der Waals surface area contributed by atoms with Gasteiger partial charge in [0.2, 0.25) is 0 Å². The SMILES string of the molecule is O=C(NCc1cccc(F)c1)Nc1ncc([N+](=O)[O-])s1. The van der Waals surface area contributed by atoms with Gasteiger partial charge in [-0.25, -0.2) is 14.2 Å². The van der Waals surface area contributed by atoms with Crippen molar-refractivity contribution < 1.29 is 14.1 Å². The van der Waals surface area contributed by atoms with Gasteiger partial charge in [-0.05, 0) is 29.0 Å². The molecule has 0 aliphatic carbocycles. The maximum atomic E-state index is 12.9. The van der Waals surface area contributed by atoms with Crippen LogP contribution in [0.3, 0.4) is 0 Å². The van der Waals surface area contributed by atoms with Gasteiger partial charge in [-0.2, -0.15) is 0 Å². The van der Waals surface area contributed by atoms with Crippen LogP contribution in [0.2, 0.25) is 0 Å². The predicted molar refractivity (Wildman–Crippen MR) is 71.0 cm³/mol. The molecule has 0 fully saturated rings. The van der Waals surface area contributed by atoms with Gasteiger partial charge in [-0.1, -0.05) is 12.1 Å². The minimum atomic E-state index is -0.590. The summed E-state index contributed by atoms with van der Waals surface area (Å²) in [6, 6.07) is 5.23. The van der Waals surface area contributed by atoms with Crippen molar-refractivity contribution >= 4 is 27.5 Å². The molecule has 2 amide bonds. The molecule has 0 atom stereocenters. The summed E-state index contributed by atoms with van der Waals surface area (Å²) >= 11 is 0.751. The molecule has 2 rings (SSSR count). The second-order valence-corrected chi connectivity index (χ2v) is 4.71. The molecule has 1 heterocycles. The molecule has 104 valence electrons. The quantitative estimate of drug-likeness (QED) is 0.669. The maximum absolute atomic E-state index is 12.9. The summed E-state index contributed by atoms with van der Waals surface area (Å²) in [5, 5.41) is 15.3. The number of hydrogen-bond acceptors (Lipinski definition) is 5. The van der Waals surface area contributed by atoms with Gasteiger partial charge in [0, 0.05) is 6.54 Å². The van der Waals surface area contributed by atoms with Crippen LogP contribution < -0.4 is 10.6 Å². The largest absolute Gasteiger partial charge is 0.345 e. The summed E-state index contributed by atoms with van der Waals surface area (Å²) in [5.74, 6) is -0.389. The van der Waals surface area contributed by atoms with Gasteiger partial charge in [0.05, 0.1) is 4.92 Å². The van der Waals surface area contributed by atoms with E-state index in [4.69, 9.17) is 0 Å². The second-order valence-electron chi connectivity index (χ2n) is 3.70. The molecule has 0 bridgehead atoms. The summed E-state index contributed by atoms with van der Waals surface area (Å²) in [7, 11) is 0. The van der Waals surface area contributed by atoms with E-state index in [0.29, 0.717) is 5.56 Å². The van der Waals surface area contributed by atoms with Crippen LogP contribution in [0.15, 0.2) is 30.5 Å². The Morgan fingerprint density at radius 3 is 2.95 bits per heavy atom. The number of anilines is 1. The number of urea groups is 1. The highest BCUT2D eigenvalue weighted by Crippen LogP contribution is 2.24. The lowest BCUT2D eigenvalue weighted by molar-refractivity contribution is -0.380. The zero-order valence-corrected chi connectivity index (χ0v) is 10.8. The van der Waals surface area contributed by atoms with Crippen molar-refractivity contribution in [3.05, 3.63) is 52.0 Å². The first-order valence-electron chi connectivity index (χ1n) is 5.44. The van der Waals surface area contributed by atoms with Crippen molar-refractivity contribution in [3.8, 4) is 0 Å². The smallest absolute Gasteiger partial charge is 0.334 e. The maximum Gasteiger partial charge on any atom is 0.345 e. The molecule has 2 aromatic rings. The fourth-order valence-electron chi connectivity index (χ4n) is 1.38. The Hall–Kier alpha value is -2.55. The fourth-order valence-corrected chi connectivity index (χ4v) is 2.01. The Kier molecular flexibility index (Phi) is 4.20. The topological polar surface area (TPSA) is 97.2 Å². The molecule has 1 aromatic carbocycles. The van der Waals surface area contributed by atoms with Crippen LogP contribution in [-0.4, -0.2) is 15.9 Å². The third kappa shape index (κ3) is 3.72. The fraction of sp³-hybridized carbons (Fsp3) is 0.0909. The Balaban J connectivity index is 1.87. The third-order valence-electron chi connectivity index (χ3n) is 2.24. The number of nitrogens with one attached hydrogen (secondary N) is 2. The molecule has 0 aliphatic heterocycles. The van der Waals surface area contributed by atoms with E-state index in [-0.39, 0.29) is 22.5 Å². The number of nitrogens with zero attached hydrogens (tertiary/aromatic N) is 2. The normalized spacial score (nSPS) is 10.1. The van der Waals surface area contributed by atoms with Crippen molar-refractivity contribution in [2.45, 2.75) is 6.54 Å². The number of nitro groups is 1. The van der Waals surface area contributed by atoms with Gasteiger partial charge >= 0.3 is 11.0 Å². The molecule has 0 spiro atoms. The van der Waals surface area contributed by atoms with E-state index in [1.165, 1.54) is 18.2 Å². The lowest BCUT2D eigenvalue weighted by Crippen LogP contribution is -2.28. The Bertz CT molecular complexity index is 646. The number of thiazole rings is 1. The van der Waals surface area contributed by atoms with Crippen LogP contribution in [0.5, 0.6) is 0 Å². The molecule has 2 N–H and O–H groups in total. The van der Waals surface area contributed by atoms with Gasteiger partial charge in [-0.15, -0.1) is 0 Å². The Labute approximate surface area is 116 Å². The van der Waals surface area contributed by atoms with Gasteiger partial charge in [-0.3, -0.25) is 15.4 Å². The monoisotopic (exact) mass is 296 g/mol. The molecular weight excluding hydrogens is 287 g/mol. The molecule has 0 radical (unpaired) electrons. The van der Waals surface area contributed by atoms with Gasteiger partial charge in [0.25, 0.3) is 0 Å². The van der Waals surface area contributed by atoms with Crippen molar-refractivity contribution in [2.75, 3.05) is 5.32 Å². The van der Waals surface area contributed by atoms with Crippen LogP contribution in [0.1, 0.15) is 5.56 Å². The summed E-state index contributed by atoms with van der Waals surface area (Å²) in [6.07, 6.45) is 1.06. The van der Waals surface area contributed by atoms with E-state index in [9.17, 15) is 19.3 Å². The summed E-state index contributed by atoms with van der Waals surface area (Å²) in [6.45, 7) is 0.136. The number of benzene rings is 1. The van der Waals surface area contributed by atoms with Crippen molar-refractivity contribution in [1.82, 2.24) is 10.3 Å². The number of amides is 2. The average Bonchev–Trinajstić information content (AvgIpc) is 2.85. The Morgan fingerprint density at radius 1 is 1.50 bits per heavy atom. The average molecular weight is 296 g/mol. The molecule has 20 heavy (non-hydrogen) atoms. The zero-order valence-electron chi connectivity index (χ0n) is 10.00. The van der Waals surface area contributed by atoms with E-state index in [0.717, 1.165) is 17.5 Å². The van der Waals surface area contributed by atoms with Gasteiger partial charge in [0.15, 0.2) is 5.13 Å². The van der Waals surface area contributed by atoms with Crippen LogP contribution in [0, 0.1) is 15.9 Å². The number of carbonyl (C=O) groups is 1. The summed E-state index contributed by atoms with van der Waals surface area (Å²) in [4.78, 5) is 25.1. The molecule has 0 aliphatic rings. The minimum Gasteiger partial charge on any atom is -0.334 e. The first-order chi connectivity index (χ1) is 9.54. The van der Waals surface area contributed by atoms with E-state index in [2.05, 4.69) is 15.6 Å². The highest BCUT2D eigenvalue weighted by atomic mass is 32.1. The third-order valence-corrected chi connectivity index (χ3v) is 3.10. The molecule has 7 nitrogen and oxygen atoms in total. The first-order valence-corrected chi connectivity index (χ1v) is 6.26. The standard InChI is InChI=1S/C11H9FN4O3S/c12-8-3-1-2-7(4-8)5-13-10(17)15-11-14-6-9(20-11)16(18)19/h1-4,6H,5H2,(H2,13,14,15,17). The molecule has 9 heteroatoms. The molecule has 0 unspecified atom stereocenters. The molecular formula is C11H9FN4O3S. The lowest BCUT2D eigenvalue weighted by atomic mass is 10.2.